The summed E-state index contributed by atoms with van der Waals surface area (Å²) < 4.78 is 0. The quantitative estimate of drug-likeness (QED) is 0.847. The summed E-state index contributed by atoms with van der Waals surface area (Å²) in [7, 11) is 0. The smallest absolute Gasteiger partial charge is 0.0992 e. The Hall–Kier alpha value is -1.24. The zero-order chi connectivity index (χ0) is 12.3. The maximum atomic E-state index is 8.76. The van der Waals surface area contributed by atoms with Gasteiger partial charge in [0.1, 0.15) is 0 Å². The average molecular weight is 250 g/mol. The number of nitrogens with zero attached hydrogens (tertiary/aromatic N) is 1. The standard InChI is InChI=1S/C13H16ClN3/c14-12-7-9(8-15)1-6-13(12)17-11-4-2-10(16)3-5-11/h1,6-7,10-11,17H,2-5,16H2. The van der Waals surface area contributed by atoms with Gasteiger partial charge >= 0.3 is 0 Å². The van der Waals surface area contributed by atoms with Crippen LogP contribution in [0.15, 0.2) is 18.2 Å². The summed E-state index contributed by atoms with van der Waals surface area (Å²) in [5.74, 6) is 0. The highest BCUT2D eigenvalue weighted by Crippen LogP contribution is 2.27. The van der Waals surface area contributed by atoms with Gasteiger partial charge in [-0.1, -0.05) is 11.6 Å². The number of anilines is 1. The molecule has 3 N–H and O–H groups in total. The second-order valence-electron chi connectivity index (χ2n) is 4.56. The Labute approximate surface area is 107 Å². The molecule has 90 valence electrons. The Balaban J connectivity index is 2.02. The van der Waals surface area contributed by atoms with Gasteiger partial charge in [0, 0.05) is 12.1 Å². The summed E-state index contributed by atoms with van der Waals surface area (Å²) in [6.45, 7) is 0. The van der Waals surface area contributed by atoms with Gasteiger partial charge in [-0.05, 0) is 43.9 Å². The summed E-state index contributed by atoms with van der Waals surface area (Å²) >= 11 is 6.12. The monoisotopic (exact) mass is 249 g/mol. The first kappa shape index (κ1) is 12.2. The van der Waals surface area contributed by atoms with Crippen molar-refractivity contribution in [2.75, 3.05) is 5.32 Å². The Bertz CT molecular complexity index is 431. The highest BCUT2D eigenvalue weighted by atomic mass is 35.5. The zero-order valence-corrected chi connectivity index (χ0v) is 10.4. The Morgan fingerprint density at radius 3 is 2.59 bits per heavy atom. The fourth-order valence-corrected chi connectivity index (χ4v) is 2.42. The van der Waals surface area contributed by atoms with E-state index in [9.17, 15) is 0 Å². The minimum atomic E-state index is 0.351. The molecule has 1 saturated carbocycles. The van der Waals surface area contributed by atoms with Crippen molar-refractivity contribution in [3.8, 4) is 6.07 Å². The predicted octanol–water partition coefficient (Wildman–Crippen LogP) is 2.89. The molecule has 0 bridgehead atoms. The van der Waals surface area contributed by atoms with E-state index in [2.05, 4.69) is 11.4 Å². The molecule has 0 atom stereocenters. The topological polar surface area (TPSA) is 61.8 Å². The van der Waals surface area contributed by atoms with Crippen molar-refractivity contribution < 1.29 is 0 Å². The van der Waals surface area contributed by atoms with Crippen LogP contribution in [0.4, 0.5) is 5.69 Å². The fraction of sp³-hybridized carbons (Fsp3) is 0.462. The summed E-state index contributed by atoms with van der Waals surface area (Å²) in [6.07, 6.45) is 4.28. The van der Waals surface area contributed by atoms with Crippen LogP contribution in [0, 0.1) is 11.3 Å². The maximum Gasteiger partial charge on any atom is 0.0992 e. The van der Waals surface area contributed by atoms with Crippen molar-refractivity contribution in [3.63, 3.8) is 0 Å². The molecule has 1 aliphatic rings. The van der Waals surface area contributed by atoms with Crippen molar-refractivity contribution in [2.45, 2.75) is 37.8 Å². The molecule has 1 aromatic carbocycles. The second-order valence-corrected chi connectivity index (χ2v) is 4.97. The summed E-state index contributed by atoms with van der Waals surface area (Å²) in [6, 6.07) is 8.22. The third kappa shape index (κ3) is 3.12. The van der Waals surface area contributed by atoms with Crippen LogP contribution in [-0.2, 0) is 0 Å². The predicted molar refractivity (Wildman–Crippen MR) is 70.0 cm³/mol. The van der Waals surface area contributed by atoms with Crippen molar-refractivity contribution in [1.82, 2.24) is 0 Å². The van der Waals surface area contributed by atoms with Gasteiger partial charge in [-0.2, -0.15) is 5.26 Å². The Morgan fingerprint density at radius 1 is 1.29 bits per heavy atom. The van der Waals surface area contributed by atoms with E-state index in [1.807, 2.05) is 6.07 Å². The summed E-state index contributed by atoms with van der Waals surface area (Å²) in [5, 5.41) is 12.8. The molecule has 1 aliphatic carbocycles. The first-order valence-corrected chi connectivity index (χ1v) is 6.28. The Morgan fingerprint density at radius 2 is 2.00 bits per heavy atom. The molecule has 0 saturated heterocycles. The van der Waals surface area contributed by atoms with Crippen LogP contribution in [0.5, 0.6) is 0 Å². The first-order valence-electron chi connectivity index (χ1n) is 5.91. The SMILES string of the molecule is N#Cc1ccc(NC2CCC(N)CC2)c(Cl)c1. The summed E-state index contributed by atoms with van der Waals surface area (Å²) in [5.41, 5.74) is 7.37. The van der Waals surface area contributed by atoms with E-state index < -0.39 is 0 Å². The fourth-order valence-electron chi connectivity index (χ4n) is 2.19. The molecule has 0 heterocycles. The number of nitrogens with one attached hydrogen (secondary N) is 1. The van der Waals surface area contributed by atoms with Gasteiger partial charge in [0.05, 0.1) is 22.3 Å². The number of halogens is 1. The molecule has 0 aliphatic heterocycles. The molecular formula is C13H16ClN3. The van der Waals surface area contributed by atoms with E-state index >= 15 is 0 Å². The van der Waals surface area contributed by atoms with Gasteiger partial charge in [-0.15, -0.1) is 0 Å². The largest absolute Gasteiger partial charge is 0.381 e. The van der Waals surface area contributed by atoms with Crippen LogP contribution < -0.4 is 11.1 Å². The lowest BCUT2D eigenvalue weighted by Gasteiger charge is -2.28. The third-order valence-corrected chi connectivity index (χ3v) is 3.54. The molecule has 2 rings (SSSR count). The van der Waals surface area contributed by atoms with Gasteiger partial charge in [0.25, 0.3) is 0 Å². The van der Waals surface area contributed by atoms with E-state index in [1.54, 1.807) is 12.1 Å². The van der Waals surface area contributed by atoms with Crippen molar-refractivity contribution in [2.24, 2.45) is 5.73 Å². The third-order valence-electron chi connectivity index (χ3n) is 3.23. The van der Waals surface area contributed by atoms with E-state index in [4.69, 9.17) is 22.6 Å². The molecule has 3 nitrogen and oxygen atoms in total. The van der Waals surface area contributed by atoms with Crippen molar-refractivity contribution >= 4 is 17.3 Å². The molecular weight excluding hydrogens is 234 g/mol. The van der Waals surface area contributed by atoms with E-state index in [1.165, 1.54) is 0 Å². The number of hydrogen-bond donors (Lipinski definition) is 2. The van der Waals surface area contributed by atoms with Crippen LogP contribution in [-0.4, -0.2) is 12.1 Å². The normalized spacial score (nSPS) is 24.1. The second kappa shape index (κ2) is 5.39. The molecule has 0 radical (unpaired) electrons. The van der Waals surface area contributed by atoms with Gasteiger partial charge in [0.15, 0.2) is 0 Å². The van der Waals surface area contributed by atoms with Crippen LogP contribution in [0.2, 0.25) is 5.02 Å². The molecule has 17 heavy (non-hydrogen) atoms. The first-order chi connectivity index (χ1) is 8.19. The lowest BCUT2D eigenvalue weighted by Crippen LogP contribution is -2.32. The molecule has 0 amide bonds. The van der Waals surface area contributed by atoms with Crippen molar-refractivity contribution in [1.29, 1.82) is 5.26 Å². The number of nitrogens with two attached hydrogens (primary N) is 1. The van der Waals surface area contributed by atoms with Gasteiger partial charge in [0.2, 0.25) is 0 Å². The number of hydrogen-bond acceptors (Lipinski definition) is 3. The average Bonchev–Trinajstić information content (AvgIpc) is 2.34. The minimum Gasteiger partial charge on any atom is -0.381 e. The van der Waals surface area contributed by atoms with Crippen LogP contribution in [0.25, 0.3) is 0 Å². The Kier molecular flexibility index (Phi) is 3.88. The highest BCUT2D eigenvalue weighted by molar-refractivity contribution is 6.33. The van der Waals surface area contributed by atoms with Gasteiger partial charge in [-0.25, -0.2) is 0 Å². The number of benzene rings is 1. The van der Waals surface area contributed by atoms with Gasteiger partial charge < -0.3 is 11.1 Å². The van der Waals surface area contributed by atoms with E-state index in [0.29, 0.717) is 22.7 Å². The molecule has 1 fully saturated rings. The lowest BCUT2D eigenvalue weighted by molar-refractivity contribution is 0.411. The molecule has 0 aromatic heterocycles. The number of nitriles is 1. The van der Waals surface area contributed by atoms with Crippen molar-refractivity contribution in [3.05, 3.63) is 28.8 Å². The highest BCUT2D eigenvalue weighted by Gasteiger charge is 2.18. The van der Waals surface area contributed by atoms with Gasteiger partial charge in [-0.3, -0.25) is 0 Å². The molecule has 0 spiro atoms. The van der Waals surface area contributed by atoms with Crippen LogP contribution in [0.1, 0.15) is 31.2 Å². The molecule has 0 unspecified atom stereocenters. The number of rotatable bonds is 2. The van der Waals surface area contributed by atoms with E-state index in [0.717, 1.165) is 31.4 Å². The van der Waals surface area contributed by atoms with E-state index in [-0.39, 0.29) is 0 Å². The summed E-state index contributed by atoms with van der Waals surface area (Å²) in [4.78, 5) is 0. The lowest BCUT2D eigenvalue weighted by atomic mass is 9.91. The van der Waals surface area contributed by atoms with Crippen LogP contribution >= 0.6 is 11.6 Å². The van der Waals surface area contributed by atoms with Crippen LogP contribution in [0.3, 0.4) is 0 Å². The zero-order valence-electron chi connectivity index (χ0n) is 9.62. The molecule has 1 aromatic rings. The molecule has 4 heteroatoms. The maximum absolute atomic E-state index is 8.76. The minimum absolute atomic E-state index is 0.351.